The second-order valence-electron chi connectivity index (χ2n) is 4.93. The third-order valence-corrected chi connectivity index (χ3v) is 3.56. The highest BCUT2D eigenvalue weighted by molar-refractivity contribution is 5.98. The minimum absolute atomic E-state index is 0.706. The van der Waals surface area contributed by atoms with E-state index in [1.165, 1.54) is 5.56 Å². The van der Waals surface area contributed by atoms with E-state index in [1.807, 2.05) is 37.3 Å². The first-order valence-electron chi connectivity index (χ1n) is 6.54. The molecule has 0 spiro atoms. The molecule has 3 rings (SSSR count). The summed E-state index contributed by atoms with van der Waals surface area (Å²) in [5.41, 5.74) is 9.84. The Morgan fingerprint density at radius 2 is 2.10 bits per heavy atom. The van der Waals surface area contributed by atoms with Crippen molar-refractivity contribution in [2.24, 2.45) is 0 Å². The lowest BCUT2D eigenvalue weighted by Crippen LogP contribution is -2.17. The number of nitrogen functional groups attached to an aromatic ring is 1. The second kappa shape index (κ2) is 4.89. The molecule has 0 saturated heterocycles. The van der Waals surface area contributed by atoms with Gasteiger partial charge in [0.05, 0.1) is 17.5 Å². The predicted molar refractivity (Wildman–Crippen MR) is 81.7 cm³/mol. The van der Waals surface area contributed by atoms with Crippen LogP contribution >= 0.6 is 0 Å². The van der Waals surface area contributed by atoms with Gasteiger partial charge in [-0.2, -0.15) is 0 Å². The number of hydrogen-bond acceptors (Lipinski definition) is 4. The van der Waals surface area contributed by atoms with Gasteiger partial charge in [-0.1, -0.05) is 0 Å². The SMILES string of the molecule is Cc1occc1CN(C)c1ccc(N)c2ncccc12. The van der Waals surface area contributed by atoms with Gasteiger partial charge < -0.3 is 15.1 Å². The molecule has 102 valence electrons. The van der Waals surface area contributed by atoms with Crippen LogP contribution in [0.25, 0.3) is 10.9 Å². The molecule has 0 aliphatic rings. The molecule has 0 aliphatic carbocycles. The molecule has 0 saturated carbocycles. The van der Waals surface area contributed by atoms with Gasteiger partial charge in [0, 0.05) is 36.4 Å². The third kappa shape index (κ3) is 2.09. The van der Waals surface area contributed by atoms with Crippen LogP contribution in [0.5, 0.6) is 0 Å². The van der Waals surface area contributed by atoms with E-state index in [4.69, 9.17) is 10.2 Å². The summed E-state index contributed by atoms with van der Waals surface area (Å²) in [7, 11) is 2.06. The highest BCUT2D eigenvalue weighted by Crippen LogP contribution is 2.29. The summed E-state index contributed by atoms with van der Waals surface area (Å²) in [6.45, 7) is 2.77. The zero-order chi connectivity index (χ0) is 14.1. The number of aromatic nitrogens is 1. The summed E-state index contributed by atoms with van der Waals surface area (Å²) in [5, 5.41) is 1.07. The molecule has 0 aliphatic heterocycles. The Bertz CT molecular complexity index is 748. The first kappa shape index (κ1) is 12.5. The van der Waals surface area contributed by atoms with Crippen molar-refractivity contribution in [2.75, 3.05) is 17.7 Å². The van der Waals surface area contributed by atoms with Crippen LogP contribution in [0.4, 0.5) is 11.4 Å². The van der Waals surface area contributed by atoms with Crippen molar-refractivity contribution >= 4 is 22.3 Å². The van der Waals surface area contributed by atoms with Crippen molar-refractivity contribution in [2.45, 2.75) is 13.5 Å². The largest absolute Gasteiger partial charge is 0.469 e. The van der Waals surface area contributed by atoms with Gasteiger partial charge in [0.15, 0.2) is 0 Å². The van der Waals surface area contributed by atoms with Crippen LogP contribution < -0.4 is 10.6 Å². The number of anilines is 2. The van der Waals surface area contributed by atoms with Gasteiger partial charge >= 0.3 is 0 Å². The Morgan fingerprint density at radius 1 is 1.25 bits per heavy atom. The maximum Gasteiger partial charge on any atom is 0.105 e. The summed E-state index contributed by atoms with van der Waals surface area (Å²) in [4.78, 5) is 6.55. The van der Waals surface area contributed by atoms with Crippen LogP contribution in [0.1, 0.15) is 11.3 Å². The number of nitrogens with zero attached hydrogens (tertiary/aromatic N) is 2. The summed E-state index contributed by atoms with van der Waals surface area (Å²) in [6, 6.07) is 9.93. The van der Waals surface area contributed by atoms with E-state index >= 15 is 0 Å². The molecule has 4 heteroatoms. The van der Waals surface area contributed by atoms with E-state index in [0.717, 1.165) is 28.9 Å². The molecular formula is C16H17N3O. The summed E-state index contributed by atoms with van der Waals surface area (Å²) >= 11 is 0. The number of furan rings is 1. The lowest BCUT2D eigenvalue weighted by molar-refractivity contribution is 0.529. The second-order valence-corrected chi connectivity index (χ2v) is 4.93. The number of fused-ring (bicyclic) bond motifs is 1. The molecule has 4 nitrogen and oxygen atoms in total. The van der Waals surface area contributed by atoms with E-state index in [9.17, 15) is 0 Å². The number of pyridine rings is 1. The topological polar surface area (TPSA) is 55.3 Å². The van der Waals surface area contributed by atoms with Crippen molar-refractivity contribution in [1.82, 2.24) is 4.98 Å². The maximum atomic E-state index is 5.99. The van der Waals surface area contributed by atoms with Crippen LogP contribution in [0, 0.1) is 6.92 Å². The van der Waals surface area contributed by atoms with Crippen LogP contribution in [0.3, 0.4) is 0 Å². The van der Waals surface area contributed by atoms with Gasteiger partial charge in [-0.3, -0.25) is 4.98 Å². The van der Waals surface area contributed by atoms with E-state index in [2.05, 4.69) is 16.9 Å². The first-order valence-corrected chi connectivity index (χ1v) is 6.54. The Morgan fingerprint density at radius 3 is 2.85 bits per heavy atom. The molecule has 20 heavy (non-hydrogen) atoms. The van der Waals surface area contributed by atoms with Gasteiger partial charge in [-0.05, 0) is 37.3 Å². The Balaban J connectivity index is 2.02. The monoisotopic (exact) mass is 267 g/mol. The predicted octanol–water partition coefficient (Wildman–Crippen LogP) is 3.35. The summed E-state index contributed by atoms with van der Waals surface area (Å²) in [5.74, 6) is 0.953. The van der Waals surface area contributed by atoms with Crippen LogP contribution in [-0.2, 0) is 6.54 Å². The van der Waals surface area contributed by atoms with Gasteiger partial charge in [-0.25, -0.2) is 0 Å². The molecule has 0 radical (unpaired) electrons. The zero-order valence-corrected chi connectivity index (χ0v) is 11.6. The summed E-state index contributed by atoms with van der Waals surface area (Å²) < 4.78 is 5.35. The van der Waals surface area contributed by atoms with E-state index < -0.39 is 0 Å². The van der Waals surface area contributed by atoms with Crippen LogP contribution in [-0.4, -0.2) is 12.0 Å². The van der Waals surface area contributed by atoms with Crippen molar-refractivity contribution < 1.29 is 4.42 Å². The van der Waals surface area contributed by atoms with E-state index in [0.29, 0.717) is 5.69 Å². The number of rotatable bonds is 3. The molecule has 2 heterocycles. The normalized spacial score (nSPS) is 10.9. The summed E-state index contributed by atoms with van der Waals surface area (Å²) in [6.07, 6.45) is 3.49. The Labute approximate surface area is 117 Å². The van der Waals surface area contributed by atoms with Crippen molar-refractivity contribution in [1.29, 1.82) is 0 Å². The van der Waals surface area contributed by atoms with E-state index in [1.54, 1.807) is 12.5 Å². The highest BCUT2D eigenvalue weighted by atomic mass is 16.3. The molecule has 2 N–H and O–H groups in total. The fourth-order valence-corrected chi connectivity index (χ4v) is 2.43. The number of aryl methyl sites for hydroxylation is 1. The number of benzene rings is 1. The third-order valence-electron chi connectivity index (χ3n) is 3.56. The number of hydrogen-bond donors (Lipinski definition) is 1. The lowest BCUT2D eigenvalue weighted by Gasteiger charge is -2.21. The minimum Gasteiger partial charge on any atom is -0.469 e. The fraction of sp³-hybridized carbons (Fsp3) is 0.188. The van der Waals surface area contributed by atoms with Gasteiger partial charge in [0.1, 0.15) is 5.76 Å². The Hall–Kier alpha value is -2.49. The minimum atomic E-state index is 0.706. The molecule has 0 fully saturated rings. The van der Waals surface area contributed by atoms with Crippen LogP contribution in [0.2, 0.25) is 0 Å². The van der Waals surface area contributed by atoms with E-state index in [-0.39, 0.29) is 0 Å². The van der Waals surface area contributed by atoms with Crippen molar-refractivity contribution in [3.63, 3.8) is 0 Å². The molecule has 3 aromatic rings. The molecule has 0 atom stereocenters. The quantitative estimate of drug-likeness (QED) is 0.739. The Kier molecular flexibility index (Phi) is 3.06. The number of nitrogens with two attached hydrogens (primary N) is 1. The zero-order valence-electron chi connectivity index (χ0n) is 11.6. The molecule has 0 bridgehead atoms. The highest BCUT2D eigenvalue weighted by Gasteiger charge is 2.11. The standard InChI is InChI=1S/C16H17N3O/c1-11-12(7-9-20-11)10-19(2)15-6-5-14(17)16-13(15)4-3-8-18-16/h3-9H,10,17H2,1-2H3. The fourth-order valence-electron chi connectivity index (χ4n) is 2.43. The van der Waals surface area contributed by atoms with Crippen molar-refractivity contribution in [3.05, 3.63) is 54.1 Å². The van der Waals surface area contributed by atoms with Gasteiger partial charge in [-0.15, -0.1) is 0 Å². The van der Waals surface area contributed by atoms with Gasteiger partial charge in [0.25, 0.3) is 0 Å². The lowest BCUT2D eigenvalue weighted by atomic mass is 10.1. The maximum absolute atomic E-state index is 5.99. The van der Waals surface area contributed by atoms with Gasteiger partial charge in [0.2, 0.25) is 0 Å². The van der Waals surface area contributed by atoms with Crippen molar-refractivity contribution in [3.8, 4) is 0 Å². The molecular weight excluding hydrogens is 250 g/mol. The molecule has 2 aromatic heterocycles. The molecule has 0 unspecified atom stereocenters. The average molecular weight is 267 g/mol. The smallest absolute Gasteiger partial charge is 0.105 e. The van der Waals surface area contributed by atoms with Crippen LogP contribution in [0.15, 0.2) is 47.2 Å². The first-order chi connectivity index (χ1) is 9.66. The average Bonchev–Trinajstić information content (AvgIpc) is 2.85. The molecule has 1 aromatic carbocycles. The molecule has 0 amide bonds.